The van der Waals surface area contributed by atoms with Crippen molar-refractivity contribution < 1.29 is 4.79 Å². The molecule has 0 fully saturated rings. The third-order valence-electron chi connectivity index (χ3n) is 3.53. The Morgan fingerprint density at radius 1 is 1.04 bits per heavy atom. The monoisotopic (exact) mass is 354 g/mol. The van der Waals surface area contributed by atoms with E-state index in [1.54, 1.807) is 23.1 Å². The summed E-state index contributed by atoms with van der Waals surface area (Å²) in [6, 6.07) is 20.1. The van der Waals surface area contributed by atoms with Crippen LogP contribution in [0.5, 0.6) is 0 Å². The van der Waals surface area contributed by atoms with Crippen molar-refractivity contribution >= 4 is 29.0 Å². The summed E-state index contributed by atoms with van der Waals surface area (Å²) in [7, 11) is 0. The Morgan fingerprint density at radius 2 is 1.67 bits per heavy atom. The van der Waals surface area contributed by atoms with Crippen molar-refractivity contribution in [3.05, 3.63) is 82.5 Å². The zero-order valence-corrected chi connectivity index (χ0v) is 15.0. The van der Waals surface area contributed by atoms with E-state index in [1.807, 2.05) is 54.8 Å². The molecule has 2 aromatic carbocycles. The molecule has 1 N–H and O–H groups in total. The zero-order valence-electron chi connectivity index (χ0n) is 13.4. The Hall–Kier alpha value is -2.11. The molecule has 0 spiro atoms. The van der Waals surface area contributed by atoms with Gasteiger partial charge >= 0.3 is 0 Å². The third-order valence-corrected chi connectivity index (χ3v) is 5.70. The topological polar surface area (TPSA) is 42.0 Å². The van der Waals surface area contributed by atoms with Crippen molar-refractivity contribution in [1.82, 2.24) is 10.3 Å². The maximum Gasteiger partial charge on any atom is 0.272 e. The van der Waals surface area contributed by atoms with Gasteiger partial charge < -0.3 is 5.32 Å². The van der Waals surface area contributed by atoms with Gasteiger partial charge in [-0.2, -0.15) is 0 Å². The molecule has 0 aliphatic rings. The van der Waals surface area contributed by atoms with Crippen LogP contribution in [0.15, 0.2) is 64.9 Å². The van der Waals surface area contributed by atoms with Gasteiger partial charge in [0.05, 0.1) is 9.22 Å². The first kappa shape index (κ1) is 16.7. The predicted molar refractivity (Wildman–Crippen MR) is 101 cm³/mol. The minimum atomic E-state index is -0.112. The number of carbonyl (C=O) groups excluding carboxylic acids is 1. The Kier molecular flexibility index (Phi) is 5.67. The number of thioether (sulfide) groups is 1. The smallest absolute Gasteiger partial charge is 0.272 e. The number of carbonyl (C=O) groups is 1. The molecular weight excluding hydrogens is 336 g/mol. The zero-order chi connectivity index (χ0) is 16.8. The average molecular weight is 355 g/mol. The van der Waals surface area contributed by atoms with Gasteiger partial charge in [0, 0.05) is 13.0 Å². The van der Waals surface area contributed by atoms with Gasteiger partial charge in [0.2, 0.25) is 0 Å². The van der Waals surface area contributed by atoms with E-state index in [0.717, 1.165) is 21.2 Å². The summed E-state index contributed by atoms with van der Waals surface area (Å²) in [6.45, 7) is 0.513. The molecule has 3 aromatic rings. The maximum absolute atomic E-state index is 12.5. The van der Waals surface area contributed by atoms with Crippen LogP contribution in [0.1, 0.15) is 26.6 Å². The molecule has 1 heterocycles. The highest BCUT2D eigenvalue weighted by atomic mass is 32.2. The molecule has 0 aliphatic carbocycles. The molecule has 0 radical (unpaired) electrons. The van der Waals surface area contributed by atoms with Crippen molar-refractivity contribution in [3.8, 4) is 0 Å². The molecule has 1 aromatic heterocycles. The first-order chi connectivity index (χ1) is 11.8. The molecule has 3 nitrogen and oxygen atoms in total. The number of amides is 1. The second kappa shape index (κ2) is 8.13. The van der Waals surface area contributed by atoms with Crippen molar-refractivity contribution in [2.45, 2.75) is 17.2 Å². The number of rotatable bonds is 6. The number of thiazole rings is 1. The lowest BCUT2D eigenvalue weighted by Gasteiger charge is -2.04. The first-order valence-electron chi connectivity index (χ1n) is 7.66. The molecule has 122 valence electrons. The molecular formula is C19H18N2OS2. The quantitative estimate of drug-likeness (QED) is 0.668. The van der Waals surface area contributed by atoms with Gasteiger partial charge in [-0.05, 0) is 17.4 Å². The molecule has 3 rings (SSSR count). The van der Waals surface area contributed by atoms with Crippen LogP contribution >= 0.6 is 23.1 Å². The predicted octanol–water partition coefficient (Wildman–Crippen LogP) is 4.39. The van der Waals surface area contributed by atoms with Gasteiger partial charge in [0.15, 0.2) is 5.69 Å². The fraction of sp³-hybridized carbons (Fsp3) is 0.158. The number of aromatic nitrogens is 1. The van der Waals surface area contributed by atoms with E-state index in [4.69, 9.17) is 0 Å². The van der Waals surface area contributed by atoms with Crippen LogP contribution in [0.3, 0.4) is 0 Å². The number of hydrogen-bond donors (Lipinski definition) is 1. The van der Waals surface area contributed by atoms with E-state index >= 15 is 0 Å². The molecule has 24 heavy (non-hydrogen) atoms. The molecule has 0 bridgehead atoms. The highest BCUT2D eigenvalue weighted by Gasteiger charge is 2.17. The van der Waals surface area contributed by atoms with Crippen molar-refractivity contribution in [2.75, 3.05) is 6.26 Å². The fourth-order valence-corrected chi connectivity index (χ4v) is 4.12. The third kappa shape index (κ3) is 4.24. The van der Waals surface area contributed by atoms with Crippen LogP contribution in [0.2, 0.25) is 0 Å². The Morgan fingerprint density at radius 3 is 2.29 bits per heavy atom. The van der Waals surface area contributed by atoms with Crippen LogP contribution in [-0.4, -0.2) is 17.1 Å². The summed E-state index contributed by atoms with van der Waals surface area (Å²) >= 11 is 3.17. The van der Waals surface area contributed by atoms with Crippen LogP contribution < -0.4 is 5.32 Å². The molecule has 0 saturated heterocycles. The fourth-order valence-electron chi connectivity index (χ4n) is 2.34. The molecule has 5 heteroatoms. The van der Waals surface area contributed by atoms with Crippen LogP contribution in [0, 0.1) is 0 Å². The maximum atomic E-state index is 12.5. The standard InChI is InChI=1S/C19H18N2OS2/c1-23-19-17(18(22)20-13-15-10-6-3-7-11-15)21-16(24-19)12-14-8-4-2-5-9-14/h2-11H,12-13H2,1H3,(H,20,22). The number of hydrogen-bond acceptors (Lipinski definition) is 4. The van der Waals surface area contributed by atoms with Gasteiger partial charge in [0.25, 0.3) is 5.91 Å². The van der Waals surface area contributed by atoms with E-state index < -0.39 is 0 Å². The van der Waals surface area contributed by atoms with E-state index in [-0.39, 0.29) is 5.91 Å². The average Bonchev–Trinajstić information content (AvgIpc) is 3.04. The highest BCUT2D eigenvalue weighted by Crippen LogP contribution is 2.29. The lowest BCUT2D eigenvalue weighted by Crippen LogP contribution is -2.23. The summed E-state index contributed by atoms with van der Waals surface area (Å²) in [5.74, 6) is -0.112. The Balaban J connectivity index is 1.71. The molecule has 0 saturated carbocycles. The SMILES string of the molecule is CSc1sc(Cc2ccccc2)nc1C(=O)NCc1ccccc1. The van der Waals surface area contributed by atoms with E-state index in [0.29, 0.717) is 12.2 Å². The van der Waals surface area contributed by atoms with Gasteiger partial charge in [-0.1, -0.05) is 60.7 Å². The summed E-state index contributed by atoms with van der Waals surface area (Å²) in [4.78, 5) is 17.1. The van der Waals surface area contributed by atoms with Gasteiger partial charge in [-0.25, -0.2) is 4.98 Å². The largest absolute Gasteiger partial charge is 0.347 e. The normalized spacial score (nSPS) is 10.5. The second-order valence-electron chi connectivity index (χ2n) is 5.28. The van der Waals surface area contributed by atoms with E-state index in [9.17, 15) is 4.79 Å². The van der Waals surface area contributed by atoms with Gasteiger partial charge in [-0.3, -0.25) is 4.79 Å². The van der Waals surface area contributed by atoms with E-state index in [1.165, 1.54) is 5.56 Å². The number of nitrogens with zero attached hydrogens (tertiary/aromatic N) is 1. The molecule has 0 aliphatic heterocycles. The van der Waals surface area contributed by atoms with Crippen LogP contribution in [0.4, 0.5) is 0 Å². The van der Waals surface area contributed by atoms with Crippen molar-refractivity contribution in [1.29, 1.82) is 0 Å². The first-order valence-corrected chi connectivity index (χ1v) is 9.70. The minimum absolute atomic E-state index is 0.112. The lowest BCUT2D eigenvalue weighted by atomic mass is 10.2. The van der Waals surface area contributed by atoms with Crippen molar-refractivity contribution in [3.63, 3.8) is 0 Å². The Bertz CT molecular complexity index is 801. The molecule has 0 atom stereocenters. The summed E-state index contributed by atoms with van der Waals surface area (Å²) in [5, 5.41) is 3.93. The number of benzene rings is 2. The summed E-state index contributed by atoms with van der Waals surface area (Å²) < 4.78 is 0.964. The van der Waals surface area contributed by atoms with Crippen LogP contribution in [0.25, 0.3) is 0 Å². The number of nitrogens with one attached hydrogen (secondary N) is 1. The Labute approximate surface area is 150 Å². The van der Waals surface area contributed by atoms with E-state index in [2.05, 4.69) is 22.4 Å². The van der Waals surface area contributed by atoms with Crippen molar-refractivity contribution in [2.24, 2.45) is 0 Å². The minimum Gasteiger partial charge on any atom is -0.347 e. The lowest BCUT2D eigenvalue weighted by molar-refractivity contribution is 0.0943. The molecule has 1 amide bonds. The molecule has 0 unspecified atom stereocenters. The summed E-state index contributed by atoms with van der Waals surface area (Å²) in [5.41, 5.74) is 2.82. The highest BCUT2D eigenvalue weighted by molar-refractivity contribution is 8.00. The summed E-state index contributed by atoms with van der Waals surface area (Å²) in [6.07, 6.45) is 2.73. The van der Waals surface area contributed by atoms with Gasteiger partial charge in [0.1, 0.15) is 0 Å². The van der Waals surface area contributed by atoms with Gasteiger partial charge in [-0.15, -0.1) is 23.1 Å². The second-order valence-corrected chi connectivity index (χ2v) is 7.44. The van der Waals surface area contributed by atoms with Crippen LogP contribution in [-0.2, 0) is 13.0 Å².